The molecule has 2 N–H and O–H groups in total. The molecular weight excluding hydrogens is 312 g/mol. The number of benzene rings is 2. The Bertz CT molecular complexity index is 1020. The summed E-state index contributed by atoms with van der Waals surface area (Å²) in [6, 6.07) is 10.8. The summed E-state index contributed by atoms with van der Waals surface area (Å²) in [5.74, 6) is 0.855. The summed E-state index contributed by atoms with van der Waals surface area (Å²) in [5, 5.41) is 13.7. The third-order valence-electron chi connectivity index (χ3n) is 3.80. The van der Waals surface area contributed by atoms with E-state index >= 15 is 0 Å². The number of aryl methyl sites for hydroxylation is 1. The van der Waals surface area contributed by atoms with Crippen molar-refractivity contribution in [2.45, 2.75) is 6.92 Å². The van der Waals surface area contributed by atoms with Crippen LogP contribution in [0.3, 0.4) is 0 Å². The minimum atomic E-state index is 0.192. The van der Waals surface area contributed by atoms with Crippen LogP contribution >= 0.6 is 11.6 Å². The van der Waals surface area contributed by atoms with Crippen LogP contribution in [0.25, 0.3) is 16.6 Å². The van der Waals surface area contributed by atoms with Crippen molar-refractivity contribution >= 4 is 39.7 Å². The van der Waals surface area contributed by atoms with Gasteiger partial charge in [0.05, 0.1) is 34.3 Å². The quantitative estimate of drug-likeness (QED) is 0.577. The highest BCUT2D eigenvalue weighted by Gasteiger charge is 2.12. The molecule has 5 nitrogen and oxygen atoms in total. The molecule has 0 bridgehead atoms. The van der Waals surface area contributed by atoms with Crippen LogP contribution in [0.4, 0.5) is 11.5 Å². The molecule has 114 valence electrons. The van der Waals surface area contributed by atoms with E-state index in [0.29, 0.717) is 10.8 Å². The monoisotopic (exact) mass is 324 g/mol. The highest BCUT2D eigenvalue weighted by molar-refractivity contribution is 6.33. The molecule has 0 amide bonds. The molecule has 0 unspecified atom stereocenters. The van der Waals surface area contributed by atoms with Crippen molar-refractivity contribution in [2.24, 2.45) is 0 Å². The Hall–Kier alpha value is -2.79. The summed E-state index contributed by atoms with van der Waals surface area (Å²) in [7, 11) is 0. The topological polar surface area (TPSA) is 62.5 Å². The van der Waals surface area contributed by atoms with Gasteiger partial charge in [-0.15, -0.1) is 0 Å². The number of para-hydroxylation sites is 1. The van der Waals surface area contributed by atoms with E-state index in [2.05, 4.69) is 15.3 Å². The van der Waals surface area contributed by atoms with E-state index in [0.717, 1.165) is 27.8 Å². The van der Waals surface area contributed by atoms with Gasteiger partial charge in [0.25, 0.3) is 0 Å². The molecule has 0 atom stereocenters. The summed E-state index contributed by atoms with van der Waals surface area (Å²) in [6.45, 7) is 1.99. The molecule has 0 saturated heterocycles. The van der Waals surface area contributed by atoms with Crippen LogP contribution in [-0.4, -0.2) is 19.5 Å². The Balaban J connectivity index is 1.96. The summed E-state index contributed by atoms with van der Waals surface area (Å²) in [4.78, 5) is 8.85. The van der Waals surface area contributed by atoms with E-state index in [4.69, 9.17) is 11.6 Å². The third kappa shape index (κ3) is 2.26. The lowest BCUT2D eigenvalue weighted by Gasteiger charge is -2.13. The molecule has 23 heavy (non-hydrogen) atoms. The van der Waals surface area contributed by atoms with Gasteiger partial charge in [0.15, 0.2) is 5.82 Å². The van der Waals surface area contributed by atoms with Crippen LogP contribution in [0.5, 0.6) is 5.75 Å². The third-order valence-corrected chi connectivity index (χ3v) is 4.11. The number of aromatic hydroxyl groups is 1. The highest BCUT2D eigenvalue weighted by atomic mass is 35.5. The Kier molecular flexibility index (Phi) is 3.09. The zero-order valence-electron chi connectivity index (χ0n) is 12.3. The fourth-order valence-corrected chi connectivity index (χ4v) is 2.91. The molecule has 0 aliphatic carbocycles. The van der Waals surface area contributed by atoms with Gasteiger partial charge in [-0.3, -0.25) is 4.40 Å². The standard InChI is InChI=1S/C17H13ClN4O/c1-10-3-2-4-12(18)16(10)21-17-15-8-19-9-22(15)14-7-11(23)5-6-13(14)20-17/h2-9,23H,1H3,(H,20,21). The molecule has 0 fully saturated rings. The van der Waals surface area contributed by atoms with Crippen LogP contribution in [0.2, 0.25) is 5.02 Å². The van der Waals surface area contributed by atoms with E-state index in [1.54, 1.807) is 30.7 Å². The molecule has 0 aliphatic heterocycles. The number of hydrogen-bond donors (Lipinski definition) is 2. The smallest absolute Gasteiger partial charge is 0.157 e. The maximum absolute atomic E-state index is 9.71. The molecule has 0 radical (unpaired) electrons. The molecule has 0 aliphatic rings. The highest BCUT2D eigenvalue weighted by Crippen LogP contribution is 2.31. The predicted molar refractivity (Wildman–Crippen MR) is 91.6 cm³/mol. The molecule has 0 spiro atoms. The lowest BCUT2D eigenvalue weighted by Crippen LogP contribution is -2.00. The van der Waals surface area contributed by atoms with Crippen molar-refractivity contribution < 1.29 is 5.11 Å². The van der Waals surface area contributed by atoms with Crippen molar-refractivity contribution in [1.29, 1.82) is 0 Å². The summed E-state index contributed by atoms with van der Waals surface area (Å²) >= 11 is 6.30. The first kappa shape index (κ1) is 13.8. The summed E-state index contributed by atoms with van der Waals surface area (Å²) in [5.41, 5.74) is 4.20. The molecule has 0 saturated carbocycles. The largest absolute Gasteiger partial charge is 0.508 e. The minimum absolute atomic E-state index is 0.192. The van der Waals surface area contributed by atoms with Crippen LogP contribution in [0, 0.1) is 6.92 Å². The number of rotatable bonds is 2. The lowest BCUT2D eigenvalue weighted by atomic mass is 10.2. The summed E-state index contributed by atoms with van der Waals surface area (Å²) in [6.07, 6.45) is 3.43. The van der Waals surface area contributed by atoms with E-state index in [1.165, 1.54) is 0 Å². The van der Waals surface area contributed by atoms with Gasteiger partial charge in [-0.1, -0.05) is 23.7 Å². The second kappa shape index (κ2) is 5.14. The van der Waals surface area contributed by atoms with Crippen molar-refractivity contribution in [3.05, 3.63) is 59.5 Å². The average molecular weight is 325 g/mol. The van der Waals surface area contributed by atoms with Gasteiger partial charge in [0, 0.05) is 6.07 Å². The number of imidazole rings is 1. The fourth-order valence-electron chi connectivity index (χ4n) is 2.64. The maximum atomic E-state index is 9.71. The van der Waals surface area contributed by atoms with Gasteiger partial charge in [0.1, 0.15) is 11.3 Å². The normalized spacial score (nSPS) is 11.2. The first-order chi connectivity index (χ1) is 11.1. The molecule has 2 heterocycles. The van der Waals surface area contributed by atoms with Crippen LogP contribution < -0.4 is 5.32 Å². The maximum Gasteiger partial charge on any atom is 0.157 e. The number of anilines is 2. The molecule has 4 aromatic rings. The molecule has 4 rings (SSSR count). The zero-order valence-corrected chi connectivity index (χ0v) is 13.0. The molecular formula is C17H13ClN4O. The van der Waals surface area contributed by atoms with Gasteiger partial charge in [-0.25, -0.2) is 9.97 Å². The number of phenolic OH excluding ortho intramolecular Hbond substituents is 1. The van der Waals surface area contributed by atoms with Gasteiger partial charge in [-0.2, -0.15) is 0 Å². The van der Waals surface area contributed by atoms with Gasteiger partial charge in [0.2, 0.25) is 0 Å². The Morgan fingerprint density at radius 3 is 2.87 bits per heavy atom. The number of nitrogens with zero attached hydrogens (tertiary/aromatic N) is 3. The SMILES string of the molecule is Cc1cccc(Cl)c1Nc1nc2ccc(O)cc2n2cncc12. The number of phenols is 1. The first-order valence-corrected chi connectivity index (χ1v) is 7.48. The second-order valence-electron chi connectivity index (χ2n) is 5.34. The number of hydrogen-bond acceptors (Lipinski definition) is 4. The Labute approximate surface area is 137 Å². The van der Waals surface area contributed by atoms with E-state index in [-0.39, 0.29) is 5.75 Å². The minimum Gasteiger partial charge on any atom is -0.508 e. The fraction of sp³-hybridized carbons (Fsp3) is 0.0588. The van der Waals surface area contributed by atoms with Gasteiger partial charge in [-0.05, 0) is 30.7 Å². The van der Waals surface area contributed by atoms with E-state index < -0.39 is 0 Å². The summed E-state index contributed by atoms with van der Waals surface area (Å²) < 4.78 is 1.89. The van der Waals surface area contributed by atoms with E-state index in [9.17, 15) is 5.11 Å². The number of halogens is 1. The average Bonchev–Trinajstić information content (AvgIpc) is 3.01. The lowest BCUT2D eigenvalue weighted by molar-refractivity contribution is 0.476. The van der Waals surface area contributed by atoms with Gasteiger partial charge < -0.3 is 10.4 Å². The van der Waals surface area contributed by atoms with Crippen LogP contribution in [0.1, 0.15) is 5.56 Å². The Morgan fingerprint density at radius 2 is 2.04 bits per heavy atom. The second-order valence-corrected chi connectivity index (χ2v) is 5.75. The predicted octanol–water partition coefficient (Wildman–Crippen LogP) is 4.29. The molecule has 2 aromatic carbocycles. The number of aromatic nitrogens is 3. The van der Waals surface area contributed by atoms with Crippen LogP contribution in [0.15, 0.2) is 48.9 Å². The zero-order chi connectivity index (χ0) is 16.0. The first-order valence-electron chi connectivity index (χ1n) is 7.10. The van der Waals surface area contributed by atoms with Crippen molar-refractivity contribution in [2.75, 3.05) is 5.32 Å². The van der Waals surface area contributed by atoms with Gasteiger partial charge >= 0.3 is 0 Å². The number of fused-ring (bicyclic) bond motifs is 3. The number of nitrogens with one attached hydrogen (secondary N) is 1. The molecule has 6 heteroatoms. The van der Waals surface area contributed by atoms with Crippen molar-refractivity contribution in [1.82, 2.24) is 14.4 Å². The van der Waals surface area contributed by atoms with Crippen molar-refractivity contribution in [3.63, 3.8) is 0 Å². The van der Waals surface area contributed by atoms with Crippen molar-refractivity contribution in [3.8, 4) is 5.75 Å². The van der Waals surface area contributed by atoms with Crippen LogP contribution in [-0.2, 0) is 0 Å². The van der Waals surface area contributed by atoms with E-state index in [1.807, 2.05) is 29.5 Å². The Morgan fingerprint density at radius 1 is 1.17 bits per heavy atom. The molecule has 2 aromatic heterocycles.